The Kier molecular flexibility index (Phi) is 6.06. The largest absolute Gasteiger partial charge is 0.326 e. The first-order valence-corrected chi connectivity index (χ1v) is 8.59. The monoisotopic (exact) mass is 310 g/mol. The van der Waals surface area contributed by atoms with Crippen molar-refractivity contribution < 1.29 is 9.18 Å². The molecule has 1 amide bonds. The fraction of sp³-hybridized carbons (Fsp3) is 0.562. The lowest BCUT2D eigenvalue weighted by molar-refractivity contribution is -0.128. The van der Waals surface area contributed by atoms with Crippen LogP contribution in [0.5, 0.6) is 0 Å². The third kappa shape index (κ3) is 4.20. The molecule has 0 aromatic heterocycles. The van der Waals surface area contributed by atoms with Crippen LogP contribution in [0.25, 0.3) is 0 Å². The molecule has 1 aliphatic rings. The third-order valence-corrected chi connectivity index (χ3v) is 5.15. The predicted molar refractivity (Wildman–Crippen MR) is 85.7 cm³/mol. The molecule has 21 heavy (non-hydrogen) atoms. The highest BCUT2D eigenvalue weighted by Gasteiger charge is 2.32. The minimum absolute atomic E-state index is 0.0369. The van der Waals surface area contributed by atoms with E-state index in [1.807, 2.05) is 4.90 Å². The molecule has 1 unspecified atom stereocenters. The predicted octanol–water partition coefficient (Wildman–Crippen LogP) is 3.13. The van der Waals surface area contributed by atoms with Gasteiger partial charge in [-0.3, -0.25) is 4.79 Å². The summed E-state index contributed by atoms with van der Waals surface area (Å²) in [5, 5.41) is 0.0369. The van der Waals surface area contributed by atoms with Crippen LogP contribution in [0.3, 0.4) is 0 Å². The summed E-state index contributed by atoms with van der Waals surface area (Å²) in [6, 6.07) is 6.49. The number of halogens is 1. The van der Waals surface area contributed by atoms with Crippen LogP contribution in [0.1, 0.15) is 31.2 Å². The molecule has 1 heterocycles. The van der Waals surface area contributed by atoms with Crippen molar-refractivity contribution in [3.8, 4) is 0 Å². The summed E-state index contributed by atoms with van der Waals surface area (Å²) < 4.78 is 13.0. The molecule has 1 atom stereocenters. The molecule has 1 saturated heterocycles. The van der Waals surface area contributed by atoms with Crippen molar-refractivity contribution in [3.63, 3.8) is 0 Å². The van der Waals surface area contributed by atoms with Crippen LogP contribution in [0, 0.1) is 5.82 Å². The van der Waals surface area contributed by atoms with Crippen molar-refractivity contribution in [2.24, 2.45) is 0 Å². The lowest BCUT2D eigenvalue weighted by Gasteiger charge is -2.26. The van der Waals surface area contributed by atoms with Gasteiger partial charge in [0.05, 0.1) is 5.75 Å². The van der Waals surface area contributed by atoms with Gasteiger partial charge in [0.25, 0.3) is 0 Å². The zero-order chi connectivity index (χ0) is 15.2. The van der Waals surface area contributed by atoms with Gasteiger partial charge in [-0.15, -0.1) is 11.8 Å². The van der Waals surface area contributed by atoms with E-state index in [2.05, 4.69) is 18.7 Å². The van der Waals surface area contributed by atoms with E-state index in [4.69, 9.17) is 0 Å². The van der Waals surface area contributed by atoms with Gasteiger partial charge in [-0.2, -0.15) is 0 Å². The van der Waals surface area contributed by atoms with Crippen molar-refractivity contribution in [1.82, 2.24) is 9.80 Å². The molecule has 0 bridgehead atoms. The first kappa shape index (κ1) is 16.3. The Hall–Kier alpha value is -1.07. The van der Waals surface area contributed by atoms with Gasteiger partial charge in [0, 0.05) is 6.54 Å². The average Bonchev–Trinajstić information content (AvgIpc) is 2.86. The van der Waals surface area contributed by atoms with E-state index in [0.717, 1.165) is 38.2 Å². The van der Waals surface area contributed by atoms with E-state index in [1.54, 1.807) is 23.9 Å². The molecule has 0 N–H and O–H groups in total. The zero-order valence-corrected chi connectivity index (χ0v) is 13.5. The van der Waals surface area contributed by atoms with Crippen molar-refractivity contribution in [1.29, 1.82) is 0 Å². The van der Waals surface area contributed by atoms with Gasteiger partial charge in [-0.1, -0.05) is 26.0 Å². The van der Waals surface area contributed by atoms with E-state index in [9.17, 15) is 9.18 Å². The average molecular weight is 310 g/mol. The van der Waals surface area contributed by atoms with Crippen LogP contribution in [-0.4, -0.2) is 47.6 Å². The lowest BCUT2D eigenvalue weighted by Crippen LogP contribution is -2.32. The fourth-order valence-electron chi connectivity index (χ4n) is 2.60. The van der Waals surface area contributed by atoms with Crippen LogP contribution in [0.4, 0.5) is 4.39 Å². The van der Waals surface area contributed by atoms with Gasteiger partial charge in [0.15, 0.2) is 0 Å². The van der Waals surface area contributed by atoms with E-state index in [1.165, 1.54) is 12.1 Å². The topological polar surface area (TPSA) is 23.6 Å². The summed E-state index contributed by atoms with van der Waals surface area (Å²) in [5.41, 5.74) is 1.01. The van der Waals surface area contributed by atoms with Gasteiger partial charge in [0.1, 0.15) is 11.2 Å². The maximum atomic E-state index is 13.0. The standard InChI is InChI=1S/C16H23FN2OS/c1-3-18(4-2)10-5-11-19-15(20)12-21-16(19)13-6-8-14(17)9-7-13/h6-9,16H,3-5,10-12H2,1-2H3. The molecule has 1 aromatic rings. The molecule has 1 fully saturated rings. The highest BCUT2D eigenvalue weighted by atomic mass is 32.2. The fourth-order valence-corrected chi connectivity index (χ4v) is 3.82. The Morgan fingerprint density at radius 1 is 1.29 bits per heavy atom. The molecule has 0 aliphatic carbocycles. The highest BCUT2D eigenvalue weighted by Crippen LogP contribution is 2.38. The number of amides is 1. The minimum Gasteiger partial charge on any atom is -0.326 e. The van der Waals surface area contributed by atoms with Gasteiger partial charge in [0.2, 0.25) is 5.91 Å². The molecular weight excluding hydrogens is 287 g/mol. The summed E-state index contributed by atoms with van der Waals surface area (Å²) in [4.78, 5) is 16.4. The maximum absolute atomic E-state index is 13.0. The number of thioether (sulfide) groups is 1. The quantitative estimate of drug-likeness (QED) is 0.773. The molecule has 0 spiro atoms. The normalized spacial score (nSPS) is 18.8. The van der Waals surface area contributed by atoms with Crippen LogP contribution in [0.15, 0.2) is 24.3 Å². The SMILES string of the molecule is CCN(CC)CCCN1C(=O)CSC1c1ccc(F)cc1. The van der Waals surface area contributed by atoms with Crippen molar-refractivity contribution >= 4 is 17.7 Å². The molecule has 1 aromatic carbocycles. The van der Waals surface area contributed by atoms with E-state index in [-0.39, 0.29) is 17.1 Å². The number of carbonyl (C=O) groups excluding carboxylic acids is 1. The summed E-state index contributed by atoms with van der Waals surface area (Å²) in [7, 11) is 0. The second-order valence-electron chi connectivity index (χ2n) is 5.18. The third-order valence-electron chi connectivity index (χ3n) is 3.89. The first-order valence-electron chi connectivity index (χ1n) is 7.54. The number of rotatable bonds is 7. The zero-order valence-electron chi connectivity index (χ0n) is 12.7. The Morgan fingerprint density at radius 2 is 1.95 bits per heavy atom. The molecule has 0 radical (unpaired) electrons. The number of benzene rings is 1. The van der Waals surface area contributed by atoms with Crippen LogP contribution >= 0.6 is 11.8 Å². The molecular formula is C16H23FN2OS. The minimum atomic E-state index is -0.235. The first-order chi connectivity index (χ1) is 10.2. The number of nitrogens with zero attached hydrogens (tertiary/aromatic N) is 2. The summed E-state index contributed by atoms with van der Waals surface area (Å²) >= 11 is 1.63. The second-order valence-corrected chi connectivity index (χ2v) is 6.25. The lowest BCUT2D eigenvalue weighted by atomic mass is 10.2. The summed E-state index contributed by atoms with van der Waals surface area (Å²) in [5.74, 6) is 0.475. The van der Waals surface area contributed by atoms with Gasteiger partial charge in [-0.05, 0) is 43.8 Å². The highest BCUT2D eigenvalue weighted by molar-refractivity contribution is 8.00. The van der Waals surface area contributed by atoms with Gasteiger partial charge in [-0.25, -0.2) is 4.39 Å². The van der Waals surface area contributed by atoms with Crippen molar-refractivity contribution in [3.05, 3.63) is 35.6 Å². The Bertz CT molecular complexity index is 462. The number of hydrogen-bond acceptors (Lipinski definition) is 3. The van der Waals surface area contributed by atoms with Gasteiger partial charge >= 0.3 is 0 Å². The molecule has 5 heteroatoms. The Morgan fingerprint density at radius 3 is 2.57 bits per heavy atom. The summed E-state index contributed by atoms with van der Waals surface area (Å²) in [6.07, 6.45) is 0.978. The Labute approximate surface area is 130 Å². The summed E-state index contributed by atoms with van der Waals surface area (Å²) in [6.45, 7) is 8.17. The molecule has 116 valence electrons. The number of carbonyl (C=O) groups is 1. The van der Waals surface area contributed by atoms with E-state index in [0.29, 0.717) is 5.75 Å². The van der Waals surface area contributed by atoms with Crippen molar-refractivity contribution in [2.75, 3.05) is 31.9 Å². The van der Waals surface area contributed by atoms with E-state index >= 15 is 0 Å². The molecule has 3 nitrogen and oxygen atoms in total. The van der Waals surface area contributed by atoms with Crippen molar-refractivity contribution in [2.45, 2.75) is 25.6 Å². The Balaban J connectivity index is 1.95. The van der Waals surface area contributed by atoms with Gasteiger partial charge < -0.3 is 9.80 Å². The van der Waals surface area contributed by atoms with Crippen LogP contribution in [0.2, 0.25) is 0 Å². The molecule has 1 aliphatic heterocycles. The van der Waals surface area contributed by atoms with E-state index < -0.39 is 0 Å². The smallest absolute Gasteiger partial charge is 0.233 e. The second kappa shape index (κ2) is 7.80. The number of hydrogen-bond donors (Lipinski definition) is 0. The molecule has 0 saturated carbocycles. The maximum Gasteiger partial charge on any atom is 0.233 e. The van der Waals surface area contributed by atoms with Crippen LogP contribution in [-0.2, 0) is 4.79 Å². The van der Waals surface area contributed by atoms with Crippen LogP contribution < -0.4 is 0 Å². The molecule has 2 rings (SSSR count).